The van der Waals surface area contributed by atoms with E-state index in [4.69, 9.17) is 5.26 Å². The van der Waals surface area contributed by atoms with E-state index in [-0.39, 0.29) is 5.56 Å². The Morgan fingerprint density at radius 2 is 2.00 bits per heavy atom. The summed E-state index contributed by atoms with van der Waals surface area (Å²) in [6, 6.07) is 3.37. The van der Waals surface area contributed by atoms with Crippen LogP contribution in [-0.2, 0) is 6.18 Å². The molecule has 1 unspecified atom stereocenters. The van der Waals surface area contributed by atoms with Crippen molar-refractivity contribution in [3.63, 3.8) is 0 Å². The lowest BCUT2D eigenvalue weighted by atomic mass is 10.0. The quantitative estimate of drug-likeness (QED) is 0.795. The van der Waals surface area contributed by atoms with Crippen LogP contribution in [0.3, 0.4) is 0 Å². The SMILES string of the molecule is CNC(C#N)c1ccc(F)c(C(F)(F)F)c1. The summed E-state index contributed by atoms with van der Waals surface area (Å²) in [5.74, 6) is -1.34. The zero-order valence-corrected chi connectivity index (χ0v) is 8.27. The van der Waals surface area contributed by atoms with E-state index in [0.717, 1.165) is 6.07 Å². The van der Waals surface area contributed by atoms with Gasteiger partial charge in [-0.25, -0.2) is 4.39 Å². The van der Waals surface area contributed by atoms with E-state index in [1.54, 1.807) is 6.07 Å². The van der Waals surface area contributed by atoms with Gasteiger partial charge in [0.25, 0.3) is 0 Å². The molecule has 2 nitrogen and oxygen atoms in total. The Morgan fingerprint density at radius 3 is 2.44 bits per heavy atom. The number of nitrogens with zero attached hydrogens (tertiary/aromatic N) is 1. The number of nitriles is 1. The van der Waals surface area contributed by atoms with Crippen LogP contribution in [0.2, 0.25) is 0 Å². The van der Waals surface area contributed by atoms with Crippen LogP contribution in [0.15, 0.2) is 18.2 Å². The third-order valence-corrected chi connectivity index (χ3v) is 2.05. The fourth-order valence-corrected chi connectivity index (χ4v) is 1.25. The van der Waals surface area contributed by atoms with E-state index in [0.29, 0.717) is 12.1 Å². The molecular formula is C10H8F4N2. The fourth-order valence-electron chi connectivity index (χ4n) is 1.25. The summed E-state index contributed by atoms with van der Waals surface area (Å²) in [4.78, 5) is 0. The van der Waals surface area contributed by atoms with Gasteiger partial charge in [0.1, 0.15) is 11.9 Å². The van der Waals surface area contributed by atoms with Crippen molar-refractivity contribution < 1.29 is 17.6 Å². The molecule has 0 aromatic heterocycles. The molecule has 0 amide bonds. The highest BCUT2D eigenvalue weighted by Crippen LogP contribution is 2.32. The van der Waals surface area contributed by atoms with Crippen molar-refractivity contribution >= 4 is 0 Å². The van der Waals surface area contributed by atoms with Crippen molar-refractivity contribution in [1.82, 2.24) is 5.32 Å². The Bertz CT molecular complexity index is 420. The van der Waals surface area contributed by atoms with Crippen LogP contribution in [0, 0.1) is 17.1 Å². The first-order valence-electron chi connectivity index (χ1n) is 4.33. The molecule has 1 aromatic rings. The van der Waals surface area contributed by atoms with Gasteiger partial charge in [-0.05, 0) is 24.7 Å². The van der Waals surface area contributed by atoms with Crippen molar-refractivity contribution in [2.75, 3.05) is 7.05 Å². The first-order chi connectivity index (χ1) is 7.40. The minimum atomic E-state index is -4.76. The predicted octanol–water partition coefficient (Wildman–Crippen LogP) is 2.63. The Kier molecular flexibility index (Phi) is 3.50. The molecule has 0 saturated heterocycles. The average molecular weight is 232 g/mol. The number of benzene rings is 1. The molecule has 1 atom stereocenters. The van der Waals surface area contributed by atoms with E-state index in [1.807, 2.05) is 0 Å². The van der Waals surface area contributed by atoms with Gasteiger partial charge < -0.3 is 5.32 Å². The first-order valence-corrected chi connectivity index (χ1v) is 4.33. The zero-order valence-electron chi connectivity index (χ0n) is 8.27. The Labute approximate surface area is 89.5 Å². The summed E-state index contributed by atoms with van der Waals surface area (Å²) < 4.78 is 50.0. The molecule has 0 spiro atoms. The first kappa shape index (κ1) is 12.5. The molecular weight excluding hydrogens is 224 g/mol. The maximum absolute atomic E-state index is 12.9. The van der Waals surface area contributed by atoms with Gasteiger partial charge in [0, 0.05) is 0 Å². The number of halogens is 4. The van der Waals surface area contributed by atoms with E-state index in [2.05, 4.69) is 5.32 Å². The van der Waals surface area contributed by atoms with Crippen molar-refractivity contribution in [3.05, 3.63) is 35.1 Å². The molecule has 0 aliphatic heterocycles. The van der Waals surface area contributed by atoms with Gasteiger partial charge in [-0.1, -0.05) is 6.07 Å². The van der Waals surface area contributed by atoms with Gasteiger partial charge in [-0.2, -0.15) is 18.4 Å². The minimum Gasteiger partial charge on any atom is -0.301 e. The molecule has 1 rings (SSSR count). The molecule has 1 aromatic carbocycles. The third kappa shape index (κ3) is 2.49. The van der Waals surface area contributed by atoms with Crippen LogP contribution in [0.4, 0.5) is 17.6 Å². The highest BCUT2D eigenvalue weighted by Gasteiger charge is 2.34. The topological polar surface area (TPSA) is 35.8 Å². The van der Waals surface area contributed by atoms with Crippen molar-refractivity contribution in [2.45, 2.75) is 12.2 Å². The number of rotatable bonds is 2. The highest BCUT2D eigenvalue weighted by molar-refractivity contribution is 5.31. The lowest BCUT2D eigenvalue weighted by Gasteiger charge is -2.12. The van der Waals surface area contributed by atoms with E-state index >= 15 is 0 Å². The van der Waals surface area contributed by atoms with Crippen LogP contribution < -0.4 is 5.32 Å². The van der Waals surface area contributed by atoms with E-state index in [9.17, 15) is 17.6 Å². The van der Waals surface area contributed by atoms with Crippen LogP contribution in [0.25, 0.3) is 0 Å². The standard InChI is InChI=1S/C10H8F4N2/c1-16-9(5-15)6-2-3-8(11)7(4-6)10(12,13)14/h2-4,9,16H,1H3. The van der Waals surface area contributed by atoms with Crippen LogP contribution in [0.1, 0.15) is 17.2 Å². The highest BCUT2D eigenvalue weighted by atomic mass is 19.4. The maximum Gasteiger partial charge on any atom is 0.419 e. The lowest BCUT2D eigenvalue weighted by Crippen LogP contribution is -2.16. The molecule has 0 aliphatic carbocycles. The summed E-state index contributed by atoms with van der Waals surface area (Å²) in [6.07, 6.45) is -4.76. The molecule has 16 heavy (non-hydrogen) atoms. The Morgan fingerprint density at radius 1 is 1.38 bits per heavy atom. The molecule has 0 fully saturated rings. The van der Waals surface area contributed by atoms with Crippen molar-refractivity contribution in [3.8, 4) is 6.07 Å². The van der Waals surface area contributed by atoms with Crippen molar-refractivity contribution in [1.29, 1.82) is 5.26 Å². The summed E-state index contributed by atoms with van der Waals surface area (Å²) >= 11 is 0. The fraction of sp³-hybridized carbons (Fsp3) is 0.300. The Hall–Kier alpha value is -1.61. The lowest BCUT2D eigenvalue weighted by molar-refractivity contribution is -0.140. The number of hydrogen-bond donors (Lipinski definition) is 1. The molecule has 0 heterocycles. The second-order valence-corrected chi connectivity index (χ2v) is 3.09. The second-order valence-electron chi connectivity index (χ2n) is 3.09. The van der Waals surface area contributed by atoms with Gasteiger partial charge in [0.2, 0.25) is 0 Å². The predicted molar refractivity (Wildman–Crippen MR) is 48.8 cm³/mol. The van der Waals surface area contributed by atoms with Gasteiger partial charge >= 0.3 is 6.18 Å². The van der Waals surface area contributed by atoms with E-state index < -0.39 is 23.6 Å². The smallest absolute Gasteiger partial charge is 0.301 e. The molecule has 0 bridgehead atoms. The van der Waals surface area contributed by atoms with E-state index in [1.165, 1.54) is 7.05 Å². The summed E-state index contributed by atoms with van der Waals surface area (Å²) in [7, 11) is 1.44. The molecule has 86 valence electrons. The second kappa shape index (κ2) is 4.49. The minimum absolute atomic E-state index is 0.0822. The van der Waals surface area contributed by atoms with Gasteiger partial charge in [-0.3, -0.25) is 0 Å². The van der Waals surface area contributed by atoms with Crippen LogP contribution in [0.5, 0.6) is 0 Å². The molecule has 0 radical (unpaired) electrons. The largest absolute Gasteiger partial charge is 0.419 e. The zero-order chi connectivity index (χ0) is 12.3. The average Bonchev–Trinajstić information content (AvgIpc) is 2.20. The molecule has 6 heteroatoms. The molecule has 1 N–H and O–H groups in total. The van der Waals surface area contributed by atoms with Crippen LogP contribution in [-0.4, -0.2) is 7.05 Å². The molecule has 0 aliphatic rings. The third-order valence-electron chi connectivity index (χ3n) is 2.05. The summed E-state index contributed by atoms with van der Waals surface area (Å²) in [6.45, 7) is 0. The normalized spacial score (nSPS) is 13.2. The Balaban J connectivity index is 3.23. The summed E-state index contributed by atoms with van der Waals surface area (Å²) in [5.41, 5.74) is -1.28. The van der Waals surface area contributed by atoms with Gasteiger partial charge in [-0.15, -0.1) is 0 Å². The number of nitrogens with one attached hydrogen (secondary N) is 1. The number of hydrogen-bond acceptors (Lipinski definition) is 2. The monoisotopic (exact) mass is 232 g/mol. The number of alkyl halides is 3. The van der Waals surface area contributed by atoms with Crippen molar-refractivity contribution in [2.24, 2.45) is 0 Å². The maximum atomic E-state index is 12.9. The summed E-state index contributed by atoms with van der Waals surface area (Å²) in [5, 5.41) is 11.2. The molecule has 0 saturated carbocycles. The van der Waals surface area contributed by atoms with Gasteiger partial charge in [0.05, 0.1) is 11.6 Å². The van der Waals surface area contributed by atoms with Crippen LogP contribution >= 0.6 is 0 Å². The van der Waals surface area contributed by atoms with Gasteiger partial charge in [0.15, 0.2) is 0 Å².